The van der Waals surface area contributed by atoms with E-state index in [1.807, 2.05) is 6.92 Å². The van der Waals surface area contributed by atoms with Gasteiger partial charge in [-0.2, -0.15) is 0 Å². The molecule has 0 aromatic heterocycles. The Bertz CT molecular complexity index is 157. The highest BCUT2D eigenvalue weighted by Gasteiger charge is 1.95. The van der Waals surface area contributed by atoms with E-state index < -0.39 is 0 Å². The lowest BCUT2D eigenvalue weighted by molar-refractivity contribution is 0.860. The maximum atomic E-state index is 5.54. The zero-order valence-corrected chi connectivity index (χ0v) is 6.57. The van der Waals surface area contributed by atoms with Crippen LogP contribution in [0.2, 0.25) is 0 Å². The van der Waals surface area contributed by atoms with E-state index in [0.29, 0.717) is 16.9 Å². The molecule has 54 valence electrons. The molecule has 2 radical (unpaired) electrons. The number of nitrogens with one attached hydrogen (secondary N) is 1. The average molecular weight is 136 g/mol. The number of hydrogen-bond donors (Lipinski definition) is 2. The summed E-state index contributed by atoms with van der Waals surface area (Å²) in [6.45, 7) is 8.23. The van der Waals surface area contributed by atoms with Crippen LogP contribution in [0.25, 0.3) is 0 Å². The van der Waals surface area contributed by atoms with Gasteiger partial charge in [0.15, 0.2) is 0 Å². The highest BCUT2D eigenvalue weighted by molar-refractivity contribution is 6.21. The Labute approximate surface area is 63.6 Å². The van der Waals surface area contributed by atoms with E-state index in [0.717, 1.165) is 6.54 Å². The molecule has 3 heteroatoms. The molecule has 0 saturated carbocycles. The predicted molar refractivity (Wildman–Crippen MR) is 45.5 cm³/mol. The molecule has 0 aromatic rings. The molecule has 0 spiro atoms. The minimum atomic E-state index is 0.543. The van der Waals surface area contributed by atoms with Crippen LogP contribution in [-0.2, 0) is 0 Å². The van der Waals surface area contributed by atoms with Crippen LogP contribution < -0.4 is 11.1 Å². The zero-order chi connectivity index (χ0) is 8.15. The third-order valence-electron chi connectivity index (χ3n) is 1.14. The smallest absolute Gasteiger partial charge is 0.110 e. The minimum Gasteiger partial charge on any atom is -0.398 e. The molecule has 3 N–H and O–H groups in total. The molecule has 0 saturated heterocycles. The SMILES string of the molecule is [B]/C(C)=C(\N)C(=C)NCC. The van der Waals surface area contributed by atoms with Gasteiger partial charge in [-0.05, 0) is 6.92 Å². The number of likely N-dealkylation sites (N-methyl/N-ethyl adjacent to an activating group) is 1. The number of rotatable bonds is 3. The van der Waals surface area contributed by atoms with Gasteiger partial charge in [0.2, 0.25) is 0 Å². The van der Waals surface area contributed by atoms with Crippen molar-refractivity contribution in [3.8, 4) is 0 Å². The Morgan fingerprint density at radius 3 is 2.50 bits per heavy atom. The Morgan fingerprint density at radius 1 is 1.70 bits per heavy atom. The van der Waals surface area contributed by atoms with Gasteiger partial charge in [0.25, 0.3) is 0 Å². The largest absolute Gasteiger partial charge is 0.398 e. The average Bonchev–Trinajstić information content (AvgIpc) is 1.87. The maximum absolute atomic E-state index is 5.54. The number of nitrogens with two attached hydrogens (primary N) is 1. The Balaban J connectivity index is 4.09. The van der Waals surface area contributed by atoms with Crippen LogP contribution >= 0.6 is 0 Å². The van der Waals surface area contributed by atoms with Crippen molar-refractivity contribution in [3.63, 3.8) is 0 Å². The van der Waals surface area contributed by atoms with Gasteiger partial charge in [0.05, 0.1) is 0 Å². The van der Waals surface area contributed by atoms with Crippen LogP contribution in [-0.4, -0.2) is 14.4 Å². The van der Waals surface area contributed by atoms with Crippen LogP contribution in [0.15, 0.2) is 23.4 Å². The van der Waals surface area contributed by atoms with E-state index in [9.17, 15) is 0 Å². The quantitative estimate of drug-likeness (QED) is 0.437. The summed E-state index contributed by atoms with van der Waals surface area (Å²) >= 11 is 0. The highest BCUT2D eigenvalue weighted by Crippen LogP contribution is 1.99. The second kappa shape index (κ2) is 4.04. The van der Waals surface area contributed by atoms with Crippen molar-refractivity contribution >= 4 is 7.85 Å². The monoisotopic (exact) mass is 136 g/mol. The van der Waals surface area contributed by atoms with E-state index in [1.54, 1.807) is 6.92 Å². The first-order chi connectivity index (χ1) is 4.59. The van der Waals surface area contributed by atoms with Crippen LogP contribution in [0.3, 0.4) is 0 Å². The molecule has 0 aromatic carbocycles. The third kappa shape index (κ3) is 2.62. The molecule has 0 aliphatic rings. The molecular weight excluding hydrogens is 123 g/mol. The van der Waals surface area contributed by atoms with Gasteiger partial charge in [0, 0.05) is 17.9 Å². The van der Waals surface area contributed by atoms with Gasteiger partial charge >= 0.3 is 0 Å². The molecule has 2 nitrogen and oxygen atoms in total. The minimum absolute atomic E-state index is 0.543. The number of hydrogen-bond acceptors (Lipinski definition) is 2. The molecule has 10 heavy (non-hydrogen) atoms. The molecule has 0 unspecified atom stereocenters. The first-order valence-electron chi connectivity index (χ1n) is 3.24. The van der Waals surface area contributed by atoms with Gasteiger partial charge in [-0.1, -0.05) is 19.0 Å². The van der Waals surface area contributed by atoms with Crippen LogP contribution in [0.5, 0.6) is 0 Å². The normalized spacial score (nSPS) is 12.2. The fraction of sp³-hybridized carbons (Fsp3) is 0.429. The van der Waals surface area contributed by atoms with E-state index in [4.69, 9.17) is 13.6 Å². The third-order valence-corrected chi connectivity index (χ3v) is 1.14. The van der Waals surface area contributed by atoms with Crippen molar-refractivity contribution in [1.82, 2.24) is 5.32 Å². The molecule has 0 amide bonds. The van der Waals surface area contributed by atoms with Crippen molar-refractivity contribution in [2.75, 3.05) is 6.54 Å². The Morgan fingerprint density at radius 2 is 2.20 bits per heavy atom. The zero-order valence-electron chi connectivity index (χ0n) is 6.57. The first kappa shape index (κ1) is 9.14. The molecule has 0 aliphatic carbocycles. The van der Waals surface area contributed by atoms with Gasteiger partial charge in [-0.3, -0.25) is 0 Å². The second-order valence-corrected chi connectivity index (χ2v) is 2.11. The van der Waals surface area contributed by atoms with Crippen molar-refractivity contribution in [1.29, 1.82) is 0 Å². The van der Waals surface area contributed by atoms with Gasteiger partial charge in [0.1, 0.15) is 7.85 Å². The van der Waals surface area contributed by atoms with Crippen LogP contribution in [0.4, 0.5) is 0 Å². The summed E-state index contributed by atoms with van der Waals surface area (Å²) < 4.78 is 0. The fourth-order valence-electron chi connectivity index (χ4n) is 0.547. The van der Waals surface area contributed by atoms with Crippen LogP contribution in [0, 0.1) is 0 Å². The lowest BCUT2D eigenvalue weighted by Gasteiger charge is -2.08. The van der Waals surface area contributed by atoms with E-state index in [-0.39, 0.29) is 0 Å². The standard InChI is InChI=1S/C7H13BN2/c1-4-10-6(3)7(9)5(2)8/h10H,3-4,9H2,1-2H3/b7-5-. The summed E-state index contributed by atoms with van der Waals surface area (Å²) in [7, 11) is 5.42. The summed E-state index contributed by atoms with van der Waals surface area (Å²) in [5.41, 5.74) is 7.38. The van der Waals surface area contributed by atoms with E-state index >= 15 is 0 Å². The molecule has 0 rings (SSSR count). The number of allylic oxidation sites excluding steroid dienone is 1. The molecule has 0 heterocycles. The lowest BCUT2D eigenvalue weighted by Crippen LogP contribution is -2.18. The van der Waals surface area contributed by atoms with Gasteiger partial charge in [-0.15, -0.1) is 0 Å². The summed E-state index contributed by atoms with van der Waals surface area (Å²) in [6.07, 6.45) is 0. The van der Waals surface area contributed by atoms with E-state index in [2.05, 4.69) is 11.9 Å². The van der Waals surface area contributed by atoms with Crippen molar-refractivity contribution < 1.29 is 0 Å². The maximum Gasteiger partial charge on any atom is 0.110 e. The lowest BCUT2D eigenvalue weighted by atomic mass is 9.95. The van der Waals surface area contributed by atoms with Crippen LogP contribution in [0.1, 0.15) is 13.8 Å². The fourth-order valence-corrected chi connectivity index (χ4v) is 0.547. The van der Waals surface area contributed by atoms with Gasteiger partial charge < -0.3 is 11.1 Å². The molecule has 0 bridgehead atoms. The van der Waals surface area contributed by atoms with Crippen molar-refractivity contribution in [3.05, 3.63) is 23.4 Å². The van der Waals surface area contributed by atoms with Crippen molar-refractivity contribution in [2.24, 2.45) is 5.73 Å². The second-order valence-electron chi connectivity index (χ2n) is 2.11. The Hall–Kier alpha value is -0.855. The predicted octanol–water partition coefficient (Wildman–Crippen LogP) is 0.468. The molecule has 0 atom stereocenters. The summed E-state index contributed by atoms with van der Waals surface area (Å²) in [5, 5.41) is 2.97. The summed E-state index contributed by atoms with van der Waals surface area (Å²) in [4.78, 5) is 0. The van der Waals surface area contributed by atoms with Crippen molar-refractivity contribution in [2.45, 2.75) is 13.8 Å². The molecule has 0 fully saturated rings. The molecular formula is C7H13BN2. The summed E-state index contributed by atoms with van der Waals surface area (Å²) in [5.74, 6) is 0. The molecule has 0 aliphatic heterocycles. The first-order valence-corrected chi connectivity index (χ1v) is 3.24. The van der Waals surface area contributed by atoms with E-state index in [1.165, 1.54) is 0 Å². The summed E-state index contributed by atoms with van der Waals surface area (Å²) in [6, 6.07) is 0. The Kier molecular flexibility index (Phi) is 3.69. The highest BCUT2D eigenvalue weighted by atomic mass is 14.9. The van der Waals surface area contributed by atoms with Gasteiger partial charge in [-0.25, -0.2) is 0 Å². The topological polar surface area (TPSA) is 38.0 Å².